The first kappa shape index (κ1) is 23.7. The summed E-state index contributed by atoms with van der Waals surface area (Å²) in [5.74, 6) is -1.09. The quantitative estimate of drug-likeness (QED) is 0.363. The summed E-state index contributed by atoms with van der Waals surface area (Å²) in [6.07, 6.45) is 0. The molecule has 0 aromatic heterocycles. The van der Waals surface area contributed by atoms with Crippen LogP contribution in [0.4, 0.5) is 11.4 Å². The van der Waals surface area contributed by atoms with Crippen molar-refractivity contribution >= 4 is 29.1 Å². The number of hydrogen-bond acceptors (Lipinski definition) is 7. The van der Waals surface area contributed by atoms with E-state index in [1.165, 1.54) is 25.3 Å². The van der Waals surface area contributed by atoms with Crippen LogP contribution in [0.2, 0.25) is 0 Å². The number of ether oxygens (including phenoxy) is 1. The number of methoxy groups -OCH3 is 1. The number of amides is 3. The molecule has 3 rings (SSSR count). The van der Waals surface area contributed by atoms with Crippen LogP contribution < -0.4 is 15.4 Å². The summed E-state index contributed by atoms with van der Waals surface area (Å²) in [5, 5.41) is 16.0. The molecule has 174 valence electrons. The maximum atomic E-state index is 12.6. The van der Waals surface area contributed by atoms with E-state index in [1.807, 2.05) is 0 Å². The maximum absolute atomic E-state index is 12.6. The number of carbonyl (C=O) groups is 3. The predicted octanol–water partition coefficient (Wildman–Crippen LogP) is 1.12. The van der Waals surface area contributed by atoms with Crippen LogP contribution in [0.1, 0.15) is 10.4 Å². The number of carbonyl (C=O) groups excluding carboxylic acids is 3. The van der Waals surface area contributed by atoms with Gasteiger partial charge in [-0.25, -0.2) is 0 Å². The zero-order valence-corrected chi connectivity index (χ0v) is 18.2. The summed E-state index contributed by atoms with van der Waals surface area (Å²) in [6.45, 7) is 2.93. The molecule has 0 bridgehead atoms. The predicted molar refractivity (Wildman–Crippen MR) is 120 cm³/mol. The maximum Gasteiger partial charge on any atom is 0.313 e. The molecule has 2 aromatic rings. The van der Waals surface area contributed by atoms with Gasteiger partial charge in [0.05, 0.1) is 12.0 Å². The van der Waals surface area contributed by atoms with E-state index in [-0.39, 0.29) is 23.7 Å². The van der Waals surface area contributed by atoms with Crippen molar-refractivity contribution in [3.05, 3.63) is 64.2 Å². The number of piperazine rings is 1. The summed E-state index contributed by atoms with van der Waals surface area (Å²) in [7, 11) is 1.54. The van der Waals surface area contributed by atoms with E-state index in [1.54, 1.807) is 35.2 Å². The van der Waals surface area contributed by atoms with E-state index in [0.29, 0.717) is 44.2 Å². The van der Waals surface area contributed by atoms with Crippen molar-refractivity contribution in [2.24, 2.45) is 0 Å². The van der Waals surface area contributed by atoms with Gasteiger partial charge in [-0.1, -0.05) is 6.07 Å². The van der Waals surface area contributed by atoms with Crippen LogP contribution in [-0.4, -0.2) is 78.8 Å². The highest BCUT2D eigenvalue weighted by atomic mass is 16.6. The van der Waals surface area contributed by atoms with E-state index in [0.717, 1.165) is 0 Å². The molecule has 0 saturated carbocycles. The fourth-order valence-electron chi connectivity index (χ4n) is 3.38. The van der Waals surface area contributed by atoms with E-state index in [2.05, 4.69) is 15.5 Å². The van der Waals surface area contributed by atoms with Crippen LogP contribution >= 0.6 is 0 Å². The van der Waals surface area contributed by atoms with E-state index in [4.69, 9.17) is 4.74 Å². The fraction of sp³-hybridized carbons (Fsp3) is 0.318. The molecular weight excluding hydrogens is 430 g/mol. The van der Waals surface area contributed by atoms with Gasteiger partial charge in [0.1, 0.15) is 5.75 Å². The third-order valence-electron chi connectivity index (χ3n) is 5.23. The molecule has 0 unspecified atom stereocenters. The Bertz CT molecular complexity index is 1020. The molecule has 1 aliphatic heterocycles. The van der Waals surface area contributed by atoms with Crippen molar-refractivity contribution in [1.82, 2.24) is 15.1 Å². The molecule has 1 heterocycles. The third kappa shape index (κ3) is 6.50. The summed E-state index contributed by atoms with van der Waals surface area (Å²) in [5.41, 5.74) is 0.652. The highest BCUT2D eigenvalue weighted by Crippen LogP contribution is 2.16. The minimum Gasteiger partial charge on any atom is -0.497 e. The molecular formula is C22H25N5O6. The van der Waals surface area contributed by atoms with Crippen molar-refractivity contribution in [1.29, 1.82) is 0 Å². The number of non-ortho nitro benzene ring substituents is 1. The molecule has 1 aliphatic rings. The lowest BCUT2D eigenvalue weighted by Gasteiger charge is -2.34. The molecule has 2 aromatic carbocycles. The number of benzene rings is 2. The van der Waals surface area contributed by atoms with Crippen LogP contribution in [0.5, 0.6) is 5.75 Å². The summed E-state index contributed by atoms with van der Waals surface area (Å²) < 4.78 is 5.04. The van der Waals surface area contributed by atoms with Gasteiger partial charge in [-0.3, -0.25) is 29.4 Å². The Hall–Kier alpha value is -3.99. The SMILES string of the molecule is COc1ccc(NC(=O)C(=O)NCCN2CCN(C(=O)c3cccc([N+](=O)[O-])c3)CC2)cc1. The smallest absolute Gasteiger partial charge is 0.313 e. The number of nitro benzene ring substituents is 1. The number of nitro groups is 1. The molecule has 1 fully saturated rings. The van der Waals surface area contributed by atoms with Gasteiger partial charge >= 0.3 is 11.8 Å². The zero-order valence-electron chi connectivity index (χ0n) is 18.2. The second-order valence-electron chi connectivity index (χ2n) is 7.38. The van der Waals surface area contributed by atoms with E-state index in [9.17, 15) is 24.5 Å². The molecule has 3 amide bonds. The Morgan fingerprint density at radius 3 is 2.36 bits per heavy atom. The summed E-state index contributed by atoms with van der Waals surface area (Å²) in [4.78, 5) is 50.8. The molecule has 2 N–H and O–H groups in total. The Morgan fingerprint density at radius 2 is 1.73 bits per heavy atom. The zero-order chi connectivity index (χ0) is 23.8. The fourth-order valence-corrected chi connectivity index (χ4v) is 3.38. The van der Waals surface area contributed by atoms with Crippen molar-refractivity contribution in [2.75, 3.05) is 51.7 Å². The van der Waals surface area contributed by atoms with Crippen molar-refractivity contribution in [3.8, 4) is 5.75 Å². The van der Waals surface area contributed by atoms with Crippen molar-refractivity contribution in [3.63, 3.8) is 0 Å². The lowest BCUT2D eigenvalue weighted by atomic mass is 10.1. The Balaban J connectivity index is 1.39. The van der Waals surface area contributed by atoms with Gasteiger partial charge in [0.25, 0.3) is 11.6 Å². The van der Waals surface area contributed by atoms with Crippen LogP contribution in [0.15, 0.2) is 48.5 Å². The van der Waals surface area contributed by atoms with Crippen LogP contribution in [0.25, 0.3) is 0 Å². The molecule has 0 atom stereocenters. The van der Waals surface area contributed by atoms with Crippen molar-refractivity contribution < 1.29 is 24.0 Å². The van der Waals surface area contributed by atoms with Gasteiger partial charge in [0.2, 0.25) is 0 Å². The molecule has 11 heteroatoms. The number of nitrogens with zero attached hydrogens (tertiary/aromatic N) is 3. The van der Waals surface area contributed by atoms with Gasteiger partial charge < -0.3 is 20.3 Å². The highest BCUT2D eigenvalue weighted by Gasteiger charge is 2.23. The van der Waals surface area contributed by atoms with Gasteiger partial charge in [0.15, 0.2) is 0 Å². The minimum absolute atomic E-state index is 0.119. The number of anilines is 1. The lowest BCUT2D eigenvalue weighted by Crippen LogP contribution is -2.50. The third-order valence-corrected chi connectivity index (χ3v) is 5.23. The average Bonchev–Trinajstić information content (AvgIpc) is 2.84. The largest absolute Gasteiger partial charge is 0.497 e. The Morgan fingerprint density at radius 1 is 1.03 bits per heavy atom. The van der Waals surface area contributed by atoms with E-state index < -0.39 is 16.7 Å². The number of nitrogens with one attached hydrogen (secondary N) is 2. The Labute approximate surface area is 190 Å². The topological polar surface area (TPSA) is 134 Å². The van der Waals surface area contributed by atoms with Gasteiger partial charge in [-0.15, -0.1) is 0 Å². The first-order chi connectivity index (χ1) is 15.9. The van der Waals surface area contributed by atoms with Crippen molar-refractivity contribution in [2.45, 2.75) is 0 Å². The molecule has 1 saturated heterocycles. The minimum atomic E-state index is -0.757. The Kier molecular flexibility index (Phi) is 7.92. The van der Waals surface area contributed by atoms with Gasteiger partial charge in [0, 0.05) is 62.7 Å². The second-order valence-corrected chi connectivity index (χ2v) is 7.38. The first-order valence-corrected chi connectivity index (χ1v) is 10.4. The molecule has 33 heavy (non-hydrogen) atoms. The average molecular weight is 455 g/mol. The molecule has 0 spiro atoms. The number of hydrogen-bond donors (Lipinski definition) is 2. The first-order valence-electron chi connectivity index (χ1n) is 10.4. The van der Waals surface area contributed by atoms with Gasteiger partial charge in [-0.05, 0) is 30.3 Å². The molecule has 11 nitrogen and oxygen atoms in total. The standard InChI is InChI=1S/C22H25N5O6/c1-33-19-7-5-17(6-8-19)24-21(29)20(28)23-9-10-25-11-13-26(14-12-25)22(30)16-3-2-4-18(15-16)27(31)32/h2-8,15H,9-14H2,1H3,(H,23,28)(H,24,29). The lowest BCUT2D eigenvalue weighted by molar-refractivity contribution is -0.384. The molecule has 0 radical (unpaired) electrons. The van der Waals surface area contributed by atoms with E-state index >= 15 is 0 Å². The summed E-state index contributed by atoms with van der Waals surface area (Å²) >= 11 is 0. The molecule has 0 aliphatic carbocycles. The van der Waals surface area contributed by atoms with Crippen LogP contribution in [0, 0.1) is 10.1 Å². The monoisotopic (exact) mass is 455 g/mol. The normalized spacial score (nSPS) is 13.8. The van der Waals surface area contributed by atoms with Crippen LogP contribution in [0.3, 0.4) is 0 Å². The van der Waals surface area contributed by atoms with Gasteiger partial charge in [-0.2, -0.15) is 0 Å². The number of rotatable bonds is 7. The second kappa shape index (κ2) is 11.0. The highest BCUT2D eigenvalue weighted by molar-refractivity contribution is 6.39. The van der Waals surface area contributed by atoms with Crippen LogP contribution in [-0.2, 0) is 9.59 Å². The summed E-state index contributed by atoms with van der Waals surface area (Å²) in [6, 6.07) is 12.3.